The van der Waals surface area contributed by atoms with Gasteiger partial charge >= 0.3 is 0 Å². The summed E-state index contributed by atoms with van der Waals surface area (Å²) in [6.07, 6.45) is 3.58. The smallest absolute Gasteiger partial charge is 0.139 e. The second kappa shape index (κ2) is 4.89. The van der Waals surface area contributed by atoms with E-state index in [1.807, 2.05) is 19.3 Å². The van der Waals surface area contributed by atoms with Gasteiger partial charge in [0.1, 0.15) is 24.0 Å². The number of halogens is 1. The highest BCUT2D eigenvalue weighted by atomic mass is 35.5. The number of nitrogens with zero attached hydrogens (tertiary/aromatic N) is 3. The van der Waals surface area contributed by atoms with Crippen molar-refractivity contribution < 1.29 is 4.74 Å². The zero-order valence-electron chi connectivity index (χ0n) is 9.22. The Morgan fingerprint density at radius 1 is 1.53 bits per heavy atom. The Bertz CT molecular complexity index is 571. The summed E-state index contributed by atoms with van der Waals surface area (Å²) < 4.78 is 7.24. The molecule has 0 saturated heterocycles. The molecule has 0 N–H and O–H groups in total. The summed E-state index contributed by atoms with van der Waals surface area (Å²) in [6, 6.07) is 7.17. The van der Waals surface area contributed by atoms with Gasteiger partial charge in [0.05, 0.1) is 11.2 Å². The lowest BCUT2D eigenvalue weighted by Crippen LogP contribution is -1.96. The molecule has 0 fully saturated rings. The Kier molecular flexibility index (Phi) is 3.31. The largest absolute Gasteiger partial charge is 0.487 e. The van der Waals surface area contributed by atoms with Crippen LogP contribution < -0.4 is 4.74 Å². The fraction of sp³-hybridized carbons (Fsp3) is 0.167. The fourth-order valence-electron chi connectivity index (χ4n) is 1.44. The third kappa shape index (κ3) is 2.58. The van der Waals surface area contributed by atoms with Crippen molar-refractivity contribution in [1.29, 1.82) is 5.26 Å². The highest BCUT2D eigenvalue weighted by Crippen LogP contribution is 2.25. The van der Waals surface area contributed by atoms with Crippen molar-refractivity contribution in [2.75, 3.05) is 0 Å². The Balaban J connectivity index is 2.14. The predicted molar refractivity (Wildman–Crippen MR) is 63.7 cm³/mol. The molecule has 0 atom stereocenters. The van der Waals surface area contributed by atoms with Crippen LogP contribution in [0.5, 0.6) is 5.75 Å². The topological polar surface area (TPSA) is 50.8 Å². The number of ether oxygens (including phenoxy) is 1. The van der Waals surface area contributed by atoms with Crippen LogP contribution in [0.4, 0.5) is 0 Å². The SMILES string of the molecule is Cn1cc(COc2cccc(Cl)c2C#N)cn1. The lowest BCUT2D eigenvalue weighted by Gasteiger charge is -2.07. The zero-order chi connectivity index (χ0) is 12.3. The highest BCUT2D eigenvalue weighted by molar-refractivity contribution is 6.31. The van der Waals surface area contributed by atoms with Crippen molar-refractivity contribution >= 4 is 11.6 Å². The van der Waals surface area contributed by atoms with Crippen molar-refractivity contribution in [3.8, 4) is 11.8 Å². The number of aryl methyl sites for hydroxylation is 1. The van der Waals surface area contributed by atoms with Crippen LogP contribution in [0, 0.1) is 11.3 Å². The predicted octanol–water partition coefficient (Wildman–Crippen LogP) is 2.52. The minimum absolute atomic E-state index is 0.359. The Morgan fingerprint density at radius 3 is 3.00 bits per heavy atom. The molecule has 1 aromatic heterocycles. The molecule has 17 heavy (non-hydrogen) atoms. The van der Waals surface area contributed by atoms with Gasteiger partial charge in [0.25, 0.3) is 0 Å². The van der Waals surface area contributed by atoms with Gasteiger partial charge in [-0.1, -0.05) is 17.7 Å². The van der Waals surface area contributed by atoms with Crippen molar-refractivity contribution in [1.82, 2.24) is 9.78 Å². The fourth-order valence-corrected chi connectivity index (χ4v) is 1.65. The van der Waals surface area contributed by atoms with Crippen LogP contribution >= 0.6 is 11.6 Å². The number of aromatic nitrogens is 2. The molecule has 2 aromatic rings. The second-order valence-corrected chi connectivity index (χ2v) is 3.94. The normalized spacial score (nSPS) is 9.94. The molecule has 0 amide bonds. The molecule has 0 saturated carbocycles. The number of rotatable bonds is 3. The Morgan fingerprint density at radius 2 is 2.35 bits per heavy atom. The molecule has 1 aromatic carbocycles. The van der Waals surface area contributed by atoms with Gasteiger partial charge in [0.15, 0.2) is 0 Å². The lowest BCUT2D eigenvalue weighted by molar-refractivity contribution is 0.305. The number of hydrogen-bond donors (Lipinski definition) is 0. The van der Waals surface area contributed by atoms with E-state index in [0.717, 1.165) is 5.56 Å². The first-order valence-corrected chi connectivity index (χ1v) is 5.37. The second-order valence-electron chi connectivity index (χ2n) is 3.54. The first-order valence-electron chi connectivity index (χ1n) is 4.99. The van der Waals surface area contributed by atoms with Crippen LogP contribution in [0.15, 0.2) is 30.6 Å². The van der Waals surface area contributed by atoms with E-state index >= 15 is 0 Å². The van der Waals surface area contributed by atoms with Gasteiger partial charge in [-0.15, -0.1) is 0 Å². The summed E-state index contributed by atoms with van der Waals surface area (Å²) in [5, 5.41) is 13.4. The van der Waals surface area contributed by atoms with Crippen molar-refractivity contribution in [2.24, 2.45) is 7.05 Å². The quantitative estimate of drug-likeness (QED) is 0.838. The van der Waals surface area contributed by atoms with Crippen molar-refractivity contribution in [3.63, 3.8) is 0 Å². The molecule has 0 unspecified atom stereocenters. The summed E-state index contributed by atoms with van der Waals surface area (Å²) in [4.78, 5) is 0. The molecule has 0 aliphatic heterocycles. The molecule has 0 spiro atoms. The van der Waals surface area contributed by atoms with Crippen LogP contribution in [0.3, 0.4) is 0 Å². The monoisotopic (exact) mass is 247 g/mol. The standard InChI is InChI=1S/C12H10ClN3O/c1-16-7-9(6-15-16)8-17-12-4-2-3-11(13)10(12)5-14/h2-4,6-7H,8H2,1H3. The minimum atomic E-state index is 0.359. The number of benzene rings is 1. The van der Waals surface area contributed by atoms with E-state index in [1.54, 1.807) is 29.1 Å². The average Bonchev–Trinajstić information content (AvgIpc) is 2.72. The molecule has 1 heterocycles. The summed E-state index contributed by atoms with van der Waals surface area (Å²) >= 11 is 5.90. The maximum Gasteiger partial charge on any atom is 0.139 e. The third-order valence-electron chi connectivity index (χ3n) is 2.24. The molecule has 4 nitrogen and oxygen atoms in total. The first-order chi connectivity index (χ1) is 8.20. The van der Waals surface area contributed by atoms with E-state index in [4.69, 9.17) is 21.6 Å². The number of nitriles is 1. The maximum absolute atomic E-state index is 8.97. The lowest BCUT2D eigenvalue weighted by atomic mass is 10.2. The Labute approximate surface area is 104 Å². The molecule has 5 heteroatoms. The van der Waals surface area contributed by atoms with E-state index in [2.05, 4.69) is 5.10 Å². The minimum Gasteiger partial charge on any atom is -0.487 e. The molecular weight excluding hydrogens is 238 g/mol. The Hall–Kier alpha value is -1.99. The van der Waals surface area contributed by atoms with Crippen LogP contribution in [-0.2, 0) is 13.7 Å². The van der Waals surface area contributed by atoms with E-state index in [0.29, 0.717) is 22.9 Å². The summed E-state index contributed by atoms with van der Waals surface area (Å²) in [5.74, 6) is 0.490. The summed E-state index contributed by atoms with van der Waals surface area (Å²) in [6.45, 7) is 0.364. The molecule has 0 bridgehead atoms. The average molecular weight is 248 g/mol. The van der Waals surface area contributed by atoms with Gasteiger partial charge < -0.3 is 4.74 Å². The van der Waals surface area contributed by atoms with Crippen molar-refractivity contribution in [3.05, 3.63) is 46.7 Å². The van der Waals surface area contributed by atoms with Crippen LogP contribution in [0.1, 0.15) is 11.1 Å². The molecule has 0 radical (unpaired) electrons. The van der Waals surface area contributed by atoms with Crippen molar-refractivity contribution in [2.45, 2.75) is 6.61 Å². The van der Waals surface area contributed by atoms with E-state index in [-0.39, 0.29) is 0 Å². The maximum atomic E-state index is 8.97. The highest BCUT2D eigenvalue weighted by Gasteiger charge is 2.07. The van der Waals surface area contributed by atoms with Gasteiger partial charge in [0.2, 0.25) is 0 Å². The van der Waals surface area contributed by atoms with Gasteiger partial charge in [0, 0.05) is 18.8 Å². The van der Waals surface area contributed by atoms with E-state index < -0.39 is 0 Å². The molecule has 0 aliphatic rings. The van der Waals surface area contributed by atoms with Crippen LogP contribution in [-0.4, -0.2) is 9.78 Å². The number of hydrogen-bond acceptors (Lipinski definition) is 3. The first kappa shape index (κ1) is 11.5. The van der Waals surface area contributed by atoms with E-state index in [9.17, 15) is 0 Å². The molecule has 86 valence electrons. The molecular formula is C12H10ClN3O. The summed E-state index contributed by atoms with van der Waals surface area (Å²) in [5.41, 5.74) is 1.30. The van der Waals surface area contributed by atoms with Gasteiger partial charge in [-0.05, 0) is 12.1 Å². The van der Waals surface area contributed by atoms with Gasteiger partial charge in [-0.2, -0.15) is 10.4 Å². The van der Waals surface area contributed by atoms with Gasteiger partial charge in [-0.25, -0.2) is 0 Å². The third-order valence-corrected chi connectivity index (χ3v) is 2.55. The summed E-state index contributed by atoms with van der Waals surface area (Å²) in [7, 11) is 1.84. The molecule has 2 rings (SSSR count). The molecule has 0 aliphatic carbocycles. The van der Waals surface area contributed by atoms with E-state index in [1.165, 1.54) is 0 Å². The van der Waals surface area contributed by atoms with Crippen LogP contribution in [0.25, 0.3) is 0 Å². The van der Waals surface area contributed by atoms with Gasteiger partial charge in [-0.3, -0.25) is 4.68 Å². The van der Waals surface area contributed by atoms with Crippen LogP contribution in [0.2, 0.25) is 5.02 Å². The zero-order valence-corrected chi connectivity index (χ0v) is 9.98.